The van der Waals surface area contributed by atoms with E-state index in [0.29, 0.717) is 42.9 Å². The van der Waals surface area contributed by atoms with Crippen LogP contribution in [0.1, 0.15) is 44.9 Å². The van der Waals surface area contributed by atoms with Crippen LogP contribution in [0.5, 0.6) is 0 Å². The first-order chi connectivity index (χ1) is 18.4. The number of carbonyl (C=O) groups excluding carboxylic acids is 3. The molecule has 0 aliphatic carbocycles. The van der Waals surface area contributed by atoms with Crippen LogP contribution in [0, 0.1) is 11.8 Å². The molecule has 1 spiro atoms. The summed E-state index contributed by atoms with van der Waals surface area (Å²) in [5.41, 5.74) is 0.576. The Morgan fingerprint density at radius 1 is 1.21 bits per heavy atom. The summed E-state index contributed by atoms with van der Waals surface area (Å²) in [6.45, 7) is 8.57. The fourth-order valence-corrected chi connectivity index (χ4v) is 8.72. The second kappa shape index (κ2) is 12.7. The highest BCUT2D eigenvalue weighted by molar-refractivity contribution is 8.02. The zero-order valence-corrected chi connectivity index (χ0v) is 23.3. The van der Waals surface area contributed by atoms with Crippen LogP contribution in [0.3, 0.4) is 0 Å². The lowest BCUT2D eigenvalue weighted by Crippen LogP contribution is -2.55. The Kier molecular flexibility index (Phi) is 9.60. The molecule has 7 nitrogen and oxygen atoms in total. The molecule has 38 heavy (non-hydrogen) atoms. The van der Waals surface area contributed by atoms with Crippen LogP contribution in [-0.4, -0.2) is 70.1 Å². The summed E-state index contributed by atoms with van der Waals surface area (Å²) in [5.74, 6) is -1.84. The van der Waals surface area contributed by atoms with Crippen molar-refractivity contribution in [2.45, 2.75) is 61.0 Å². The molecular weight excluding hydrogens is 524 g/mol. The third-order valence-electron chi connectivity index (χ3n) is 7.90. The SMILES string of the molecule is C=CCCOC(=O)[C@@H]1[C@@H]2CCC3(S2)C(C(=O)N(CC=C)c2ccccc2Cl)N(CCCCCCO)C(=O)[C@H]13. The second-order valence-corrected chi connectivity index (χ2v) is 12.2. The summed E-state index contributed by atoms with van der Waals surface area (Å²) < 4.78 is 4.87. The summed E-state index contributed by atoms with van der Waals surface area (Å²) in [6.07, 6.45) is 8.47. The summed E-state index contributed by atoms with van der Waals surface area (Å²) in [6, 6.07) is 6.47. The van der Waals surface area contributed by atoms with Gasteiger partial charge in [-0.05, 0) is 44.2 Å². The van der Waals surface area contributed by atoms with Crippen molar-refractivity contribution in [3.63, 3.8) is 0 Å². The van der Waals surface area contributed by atoms with E-state index in [4.69, 9.17) is 21.4 Å². The smallest absolute Gasteiger partial charge is 0.310 e. The number of hydrogen-bond acceptors (Lipinski definition) is 6. The van der Waals surface area contributed by atoms with Crippen LogP contribution in [0.15, 0.2) is 49.6 Å². The van der Waals surface area contributed by atoms with E-state index >= 15 is 0 Å². The first-order valence-electron chi connectivity index (χ1n) is 13.4. The van der Waals surface area contributed by atoms with E-state index in [1.54, 1.807) is 45.8 Å². The van der Waals surface area contributed by atoms with Gasteiger partial charge in [-0.15, -0.1) is 24.9 Å². The first kappa shape index (κ1) is 28.7. The number of benzene rings is 1. The van der Waals surface area contributed by atoms with E-state index < -0.39 is 22.6 Å². The van der Waals surface area contributed by atoms with Gasteiger partial charge >= 0.3 is 5.97 Å². The van der Waals surface area contributed by atoms with Crippen molar-refractivity contribution in [3.8, 4) is 0 Å². The molecule has 3 aliphatic rings. The summed E-state index contributed by atoms with van der Waals surface area (Å²) >= 11 is 8.14. The average Bonchev–Trinajstić information content (AvgIpc) is 3.55. The molecule has 3 saturated heterocycles. The Balaban J connectivity index is 1.68. The zero-order chi connectivity index (χ0) is 27.3. The fraction of sp³-hybridized carbons (Fsp3) is 0.552. The molecule has 0 saturated carbocycles. The highest BCUT2D eigenvalue weighted by Gasteiger charge is 2.74. The van der Waals surface area contributed by atoms with Gasteiger partial charge in [0, 0.05) is 24.9 Å². The standard InChI is InChI=1S/C29H37ClN2O5S/c1-3-5-19-37-28(36)23-22-14-15-29(38-22)24(23)26(34)32(17-10-6-7-11-18-33)25(29)27(35)31(16-4-2)21-13-9-8-12-20(21)30/h3-4,8-9,12-13,22-25,33H,1-2,5-7,10-11,14-19H2/t22-,23+,24-,25?,29?/m0/s1. The lowest BCUT2D eigenvalue weighted by atomic mass is 9.71. The number of aliphatic hydroxyl groups excluding tert-OH is 1. The number of para-hydroxylation sites is 1. The maximum Gasteiger partial charge on any atom is 0.310 e. The Morgan fingerprint density at radius 3 is 2.68 bits per heavy atom. The summed E-state index contributed by atoms with van der Waals surface area (Å²) in [7, 11) is 0. The second-order valence-electron chi connectivity index (χ2n) is 10.2. The molecular formula is C29H37ClN2O5S. The predicted octanol–water partition coefficient (Wildman–Crippen LogP) is 4.62. The van der Waals surface area contributed by atoms with Crippen molar-refractivity contribution >= 4 is 46.8 Å². The number of halogens is 1. The Bertz CT molecular complexity index is 1070. The molecule has 0 radical (unpaired) electrons. The number of carbonyl (C=O) groups is 3. The molecule has 2 amide bonds. The monoisotopic (exact) mass is 560 g/mol. The molecule has 1 N–H and O–H groups in total. The van der Waals surface area contributed by atoms with Crippen LogP contribution in [-0.2, 0) is 19.1 Å². The van der Waals surface area contributed by atoms with Crippen LogP contribution >= 0.6 is 23.4 Å². The van der Waals surface area contributed by atoms with E-state index in [-0.39, 0.29) is 42.8 Å². The number of hydrogen-bond donors (Lipinski definition) is 1. The molecule has 4 rings (SSSR count). The van der Waals surface area contributed by atoms with Gasteiger partial charge in [0.2, 0.25) is 5.91 Å². The van der Waals surface area contributed by atoms with E-state index in [2.05, 4.69) is 13.2 Å². The number of amides is 2. The van der Waals surface area contributed by atoms with Gasteiger partial charge in [0.1, 0.15) is 6.04 Å². The molecule has 5 atom stereocenters. The molecule has 0 aromatic heterocycles. The minimum atomic E-state index is -0.713. The number of thioether (sulfide) groups is 1. The van der Waals surface area contributed by atoms with Gasteiger partial charge in [-0.2, -0.15) is 0 Å². The number of esters is 1. The summed E-state index contributed by atoms with van der Waals surface area (Å²) in [5, 5.41) is 9.53. The number of anilines is 1. The van der Waals surface area contributed by atoms with Crippen molar-refractivity contribution in [2.75, 3.05) is 31.2 Å². The van der Waals surface area contributed by atoms with Gasteiger partial charge in [-0.1, -0.05) is 48.7 Å². The van der Waals surface area contributed by atoms with Crippen molar-refractivity contribution in [2.24, 2.45) is 11.8 Å². The molecule has 206 valence electrons. The number of nitrogens with zero attached hydrogens (tertiary/aromatic N) is 2. The molecule has 3 fully saturated rings. The molecule has 3 aliphatic heterocycles. The maximum absolute atomic E-state index is 14.4. The molecule has 1 aromatic rings. The number of rotatable bonds is 14. The minimum Gasteiger partial charge on any atom is -0.465 e. The quantitative estimate of drug-likeness (QED) is 0.203. The van der Waals surface area contributed by atoms with Gasteiger partial charge < -0.3 is 19.6 Å². The van der Waals surface area contributed by atoms with Crippen molar-refractivity contribution < 1.29 is 24.2 Å². The van der Waals surface area contributed by atoms with Gasteiger partial charge in [-0.3, -0.25) is 14.4 Å². The molecule has 9 heteroatoms. The molecule has 2 bridgehead atoms. The van der Waals surface area contributed by atoms with Crippen LogP contribution < -0.4 is 4.90 Å². The number of likely N-dealkylation sites (tertiary alicyclic amines) is 1. The van der Waals surface area contributed by atoms with E-state index in [9.17, 15) is 14.4 Å². The summed E-state index contributed by atoms with van der Waals surface area (Å²) in [4.78, 5) is 45.1. The van der Waals surface area contributed by atoms with Crippen molar-refractivity contribution in [1.82, 2.24) is 4.90 Å². The normalized spacial score (nSPS) is 27.3. The third-order valence-corrected chi connectivity index (χ3v) is 10.2. The first-order valence-corrected chi connectivity index (χ1v) is 14.7. The highest BCUT2D eigenvalue weighted by atomic mass is 35.5. The largest absolute Gasteiger partial charge is 0.465 e. The van der Waals surface area contributed by atoms with Crippen molar-refractivity contribution in [3.05, 3.63) is 54.6 Å². The number of ether oxygens (including phenoxy) is 1. The molecule has 1 aromatic carbocycles. The third kappa shape index (κ3) is 5.27. The predicted molar refractivity (Wildman–Crippen MR) is 151 cm³/mol. The van der Waals surface area contributed by atoms with Crippen molar-refractivity contribution in [1.29, 1.82) is 0 Å². The topological polar surface area (TPSA) is 87.2 Å². The van der Waals surface area contributed by atoms with E-state index in [1.165, 1.54) is 0 Å². The van der Waals surface area contributed by atoms with Gasteiger partial charge in [-0.25, -0.2) is 0 Å². The number of aliphatic hydroxyl groups is 1. The molecule has 2 unspecified atom stereocenters. The fourth-order valence-electron chi connectivity index (χ4n) is 6.28. The van der Waals surface area contributed by atoms with Crippen LogP contribution in [0.25, 0.3) is 0 Å². The minimum absolute atomic E-state index is 0.0460. The van der Waals surface area contributed by atoms with Crippen LogP contribution in [0.2, 0.25) is 5.02 Å². The highest BCUT2D eigenvalue weighted by Crippen LogP contribution is 2.66. The van der Waals surface area contributed by atoms with Gasteiger partial charge in [0.25, 0.3) is 5.91 Å². The average molecular weight is 561 g/mol. The lowest BCUT2D eigenvalue weighted by Gasteiger charge is -2.37. The Morgan fingerprint density at radius 2 is 1.97 bits per heavy atom. The zero-order valence-electron chi connectivity index (χ0n) is 21.7. The Labute approximate surface area is 234 Å². The van der Waals surface area contributed by atoms with Crippen LogP contribution in [0.4, 0.5) is 5.69 Å². The van der Waals surface area contributed by atoms with E-state index in [1.807, 2.05) is 12.1 Å². The van der Waals surface area contributed by atoms with E-state index in [0.717, 1.165) is 19.3 Å². The van der Waals surface area contributed by atoms with Gasteiger partial charge in [0.05, 0.1) is 33.9 Å². The number of unbranched alkanes of at least 4 members (excludes halogenated alkanes) is 3. The van der Waals surface area contributed by atoms with Gasteiger partial charge in [0.15, 0.2) is 0 Å². The number of fused-ring (bicyclic) bond motifs is 1. The Hall–Kier alpha value is -2.29. The molecule has 3 heterocycles. The lowest BCUT2D eigenvalue weighted by molar-refractivity contribution is -0.154. The maximum atomic E-state index is 14.4.